The number of carbonyl (C=O) groups is 1. The molecule has 4 rings (SSSR count). The summed E-state index contributed by atoms with van der Waals surface area (Å²) in [6.07, 6.45) is -3.11. The first kappa shape index (κ1) is 24.4. The van der Waals surface area contributed by atoms with Crippen LogP contribution in [0, 0.1) is 0 Å². The molecule has 1 amide bonds. The van der Waals surface area contributed by atoms with E-state index in [1.807, 2.05) is 6.07 Å². The van der Waals surface area contributed by atoms with E-state index >= 15 is 0 Å². The second-order valence-corrected chi connectivity index (χ2v) is 7.90. The van der Waals surface area contributed by atoms with Crippen LogP contribution in [-0.2, 0) is 4.74 Å². The summed E-state index contributed by atoms with van der Waals surface area (Å²) in [6, 6.07) is 14.5. The van der Waals surface area contributed by atoms with Gasteiger partial charge in [0.05, 0.1) is 18.9 Å². The number of anilines is 3. The molecule has 0 spiro atoms. The molecule has 0 aliphatic carbocycles. The van der Waals surface area contributed by atoms with Gasteiger partial charge in [-0.3, -0.25) is 15.0 Å². The first-order valence-corrected chi connectivity index (χ1v) is 11.1. The van der Waals surface area contributed by atoms with Crippen LogP contribution in [0.2, 0.25) is 0 Å². The molecule has 2 heterocycles. The molecule has 0 unspecified atom stereocenters. The number of rotatable bonds is 8. The monoisotopic (exact) mass is 486 g/mol. The highest BCUT2D eigenvalue weighted by molar-refractivity contribution is 5.95. The van der Waals surface area contributed by atoms with Crippen LogP contribution in [0.1, 0.15) is 10.4 Å². The zero-order chi connectivity index (χ0) is 24.7. The Morgan fingerprint density at radius 1 is 1.00 bits per heavy atom. The number of hydrogen-bond donors (Lipinski definition) is 3. The molecule has 3 aromatic rings. The number of nitrogens with zero attached hydrogens (tertiary/aromatic N) is 3. The maximum atomic E-state index is 12.6. The molecule has 1 aliphatic rings. The van der Waals surface area contributed by atoms with Gasteiger partial charge in [0.1, 0.15) is 12.1 Å². The summed E-state index contributed by atoms with van der Waals surface area (Å²) < 4.78 is 42.6. The van der Waals surface area contributed by atoms with Crippen LogP contribution in [-0.4, -0.2) is 66.5 Å². The van der Waals surface area contributed by atoms with Crippen molar-refractivity contribution in [1.82, 2.24) is 20.2 Å². The van der Waals surface area contributed by atoms with Gasteiger partial charge in [0.15, 0.2) is 0 Å². The van der Waals surface area contributed by atoms with Gasteiger partial charge in [-0.05, 0) is 36.4 Å². The molecular weight excluding hydrogens is 461 g/mol. The molecule has 0 atom stereocenters. The van der Waals surface area contributed by atoms with Crippen molar-refractivity contribution in [1.29, 1.82) is 0 Å². The standard InChI is InChI=1S/C24H25F3N6O2/c25-24(26,27)32-20-6-4-19(5-7-20)31-22-15-21(29-16-30-22)17-2-1-3-18(14-17)23(34)28-8-9-33-10-12-35-13-11-33/h1-7,14-16,32H,8-13H2,(H,28,34)(H,29,30,31). The Hall–Kier alpha value is -3.70. The maximum Gasteiger partial charge on any atom is 0.482 e. The number of carbonyl (C=O) groups excluding carboxylic acids is 1. The van der Waals surface area contributed by atoms with Crippen molar-refractivity contribution in [3.63, 3.8) is 0 Å². The smallest absolute Gasteiger partial charge is 0.379 e. The molecule has 1 aliphatic heterocycles. The van der Waals surface area contributed by atoms with E-state index in [1.54, 1.807) is 24.3 Å². The van der Waals surface area contributed by atoms with Crippen molar-refractivity contribution in [3.8, 4) is 11.3 Å². The number of morpholine rings is 1. The van der Waals surface area contributed by atoms with E-state index in [9.17, 15) is 18.0 Å². The van der Waals surface area contributed by atoms with Crippen LogP contribution in [0.3, 0.4) is 0 Å². The van der Waals surface area contributed by atoms with Crippen molar-refractivity contribution in [3.05, 3.63) is 66.5 Å². The van der Waals surface area contributed by atoms with Gasteiger partial charge in [-0.25, -0.2) is 9.97 Å². The van der Waals surface area contributed by atoms with Gasteiger partial charge in [-0.15, -0.1) is 0 Å². The molecule has 0 radical (unpaired) electrons. The summed E-state index contributed by atoms with van der Waals surface area (Å²) in [5, 5.41) is 7.45. The summed E-state index contributed by atoms with van der Waals surface area (Å²) in [4.78, 5) is 23.3. The van der Waals surface area contributed by atoms with Crippen molar-refractivity contribution >= 4 is 23.1 Å². The van der Waals surface area contributed by atoms with Gasteiger partial charge in [0.2, 0.25) is 0 Å². The highest BCUT2D eigenvalue weighted by atomic mass is 19.4. The third kappa shape index (κ3) is 7.39. The van der Waals surface area contributed by atoms with Crippen molar-refractivity contribution in [2.24, 2.45) is 0 Å². The van der Waals surface area contributed by atoms with E-state index in [1.165, 1.54) is 35.9 Å². The Labute approximate surface area is 200 Å². The largest absolute Gasteiger partial charge is 0.482 e. The number of benzene rings is 2. The Kier molecular flexibility index (Phi) is 7.78. The minimum Gasteiger partial charge on any atom is -0.379 e. The molecule has 2 aromatic carbocycles. The average Bonchev–Trinajstić information content (AvgIpc) is 2.85. The fourth-order valence-corrected chi connectivity index (χ4v) is 3.61. The van der Waals surface area contributed by atoms with E-state index in [0.29, 0.717) is 42.5 Å². The Morgan fingerprint density at radius 3 is 2.49 bits per heavy atom. The lowest BCUT2D eigenvalue weighted by Gasteiger charge is -2.26. The normalized spacial score (nSPS) is 14.4. The van der Waals surface area contributed by atoms with Gasteiger partial charge < -0.3 is 15.4 Å². The lowest BCUT2D eigenvalue weighted by atomic mass is 10.1. The molecule has 8 nitrogen and oxygen atoms in total. The van der Waals surface area contributed by atoms with Crippen LogP contribution in [0.4, 0.5) is 30.4 Å². The second kappa shape index (κ2) is 11.2. The number of hydrogen-bond acceptors (Lipinski definition) is 7. The fraction of sp³-hybridized carbons (Fsp3) is 0.292. The van der Waals surface area contributed by atoms with Crippen LogP contribution >= 0.6 is 0 Å². The van der Waals surface area contributed by atoms with Gasteiger partial charge >= 0.3 is 6.30 Å². The van der Waals surface area contributed by atoms with E-state index in [0.717, 1.165) is 25.2 Å². The zero-order valence-corrected chi connectivity index (χ0v) is 18.8. The van der Waals surface area contributed by atoms with E-state index < -0.39 is 6.30 Å². The molecule has 3 N–H and O–H groups in total. The number of nitrogens with one attached hydrogen (secondary N) is 3. The van der Waals surface area contributed by atoms with Gasteiger partial charge in [0.25, 0.3) is 5.91 Å². The maximum absolute atomic E-state index is 12.6. The van der Waals surface area contributed by atoms with Crippen LogP contribution < -0.4 is 16.0 Å². The average molecular weight is 486 g/mol. The first-order chi connectivity index (χ1) is 16.9. The SMILES string of the molecule is O=C(NCCN1CCOCC1)c1cccc(-c2cc(Nc3ccc(NC(F)(F)F)cc3)ncn2)c1. The fourth-order valence-electron chi connectivity index (χ4n) is 3.61. The van der Waals surface area contributed by atoms with Crippen LogP contribution in [0.5, 0.6) is 0 Å². The number of aromatic nitrogens is 2. The Bertz CT molecular complexity index is 1130. The molecular formula is C24H25F3N6O2. The van der Waals surface area contributed by atoms with Crippen LogP contribution in [0.25, 0.3) is 11.3 Å². The van der Waals surface area contributed by atoms with E-state index in [4.69, 9.17) is 4.74 Å². The summed E-state index contributed by atoms with van der Waals surface area (Å²) in [6.45, 7) is 4.47. The number of amides is 1. The molecule has 1 aromatic heterocycles. The molecule has 0 bridgehead atoms. The molecule has 1 fully saturated rings. The van der Waals surface area contributed by atoms with E-state index in [-0.39, 0.29) is 11.6 Å². The van der Waals surface area contributed by atoms with Crippen molar-refractivity contribution < 1.29 is 22.7 Å². The topological polar surface area (TPSA) is 91.4 Å². The van der Waals surface area contributed by atoms with Gasteiger partial charge in [-0.1, -0.05) is 12.1 Å². The van der Waals surface area contributed by atoms with Gasteiger partial charge in [0, 0.05) is 54.7 Å². The molecule has 184 valence electrons. The van der Waals surface area contributed by atoms with Crippen molar-refractivity contribution in [2.45, 2.75) is 6.30 Å². The molecule has 0 saturated carbocycles. The summed E-state index contributed by atoms with van der Waals surface area (Å²) in [5.41, 5.74) is 2.36. The first-order valence-electron chi connectivity index (χ1n) is 11.1. The zero-order valence-electron chi connectivity index (χ0n) is 18.8. The third-order valence-electron chi connectivity index (χ3n) is 5.35. The predicted molar refractivity (Wildman–Crippen MR) is 126 cm³/mol. The highest BCUT2D eigenvalue weighted by Gasteiger charge is 2.26. The van der Waals surface area contributed by atoms with Crippen molar-refractivity contribution in [2.75, 3.05) is 50.0 Å². The number of ether oxygens (including phenoxy) is 1. The number of halogens is 3. The molecule has 11 heteroatoms. The highest BCUT2D eigenvalue weighted by Crippen LogP contribution is 2.24. The molecule has 35 heavy (non-hydrogen) atoms. The Balaban J connectivity index is 1.38. The number of alkyl halides is 3. The van der Waals surface area contributed by atoms with Gasteiger partial charge in [-0.2, -0.15) is 13.2 Å². The lowest BCUT2D eigenvalue weighted by molar-refractivity contribution is -0.0999. The van der Waals surface area contributed by atoms with Crippen LogP contribution in [0.15, 0.2) is 60.9 Å². The second-order valence-electron chi connectivity index (χ2n) is 7.90. The minimum absolute atomic E-state index is 0.0635. The Morgan fingerprint density at radius 2 is 1.74 bits per heavy atom. The third-order valence-corrected chi connectivity index (χ3v) is 5.35. The summed E-state index contributed by atoms with van der Waals surface area (Å²) in [7, 11) is 0. The summed E-state index contributed by atoms with van der Waals surface area (Å²) in [5.74, 6) is 0.298. The lowest BCUT2D eigenvalue weighted by Crippen LogP contribution is -2.41. The van der Waals surface area contributed by atoms with E-state index in [2.05, 4.69) is 25.5 Å². The molecule has 1 saturated heterocycles. The summed E-state index contributed by atoms with van der Waals surface area (Å²) >= 11 is 0. The predicted octanol–water partition coefficient (Wildman–Crippen LogP) is 3.88. The minimum atomic E-state index is -4.50. The quantitative estimate of drug-likeness (QED) is 0.416.